The van der Waals surface area contributed by atoms with E-state index in [1.54, 1.807) is 7.11 Å². The van der Waals surface area contributed by atoms with E-state index in [2.05, 4.69) is 36.4 Å². The predicted molar refractivity (Wildman–Crippen MR) is 76.9 cm³/mol. The smallest absolute Gasteiger partial charge is 0.123 e. The van der Waals surface area contributed by atoms with E-state index in [1.807, 2.05) is 23.9 Å². The van der Waals surface area contributed by atoms with Crippen LogP contribution >= 0.6 is 11.8 Å². The van der Waals surface area contributed by atoms with Gasteiger partial charge in [0.15, 0.2) is 0 Å². The van der Waals surface area contributed by atoms with Crippen molar-refractivity contribution in [2.45, 2.75) is 17.2 Å². The molecular weight excluding hydrogens is 242 g/mol. The highest BCUT2D eigenvalue weighted by molar-refractivity contribution is 7.98. The number of methoxy groups -OCH3 is 1. The minimum Gasteiger partial charge on any atom is -0.496 e. The third-order valence-electron chi connectivity index (χ3n) is 2.72. The van der Waals surface area contributed by atoms with Crippen molar-refractivity contribution in [2.75, 3.05) is 7.11 Å². The Balaban J connectivity index is 2.06. The van der Waals surface area contributed by atoms with Crippen molar-refractivity contribution < 1.29 is 4.74 Å². The predicted octanol–water partition coefficient (Wildman–Crippen LogP) is 3.45. The number of rotatable bonds is 5. The molecule has 18 heavy (non-hydrogen) atoms. The Morgan fingerprint density at radius 1 is 1.11 bits per heavy atom. The number of nitrogens with two attached hydrogens (primary N) is 1. The SMILES string of the molecule is COc1cc(CSc2ccccc2)ccc1CN. The van der Waals surface area contributed by atoms with Crippen LogP contribution in [0.5, 0.6) is 5.75 Å². The summed E-state index contributed by atoms with van der Waals surface area (Å²) >= 11 is 1.82. The lowest BCUT2D eigenvalue weighted by atomic mass is 10.1. The highest BCUT2D eigenvalue weighted by atomic mass is 32.2. The molecule has 0 heterocycles. The Morgan fingerprint density at radius 3 is 2.56 bits per heavy atom. The zero-order chi connectivity index (χ0) is 12.8. The second-order valence-corrected chi connectivity index (χ2v) is 5.00. The molecule has 2 N–H and O–H groups in total. The van der Waals surface area contributed by atoms with Gasteiger partial charge < -0.3 is 10.5 Å². The summed E-state index contributed by atoms with van der Waals surface area (Å²) in [5, 5.41) is 0. The van der Waals surface area contributed by atoms with Crippen molar-refractivity contribution in [3.05, 3.63) is 59.7 Å². The van der Waals surface area contributed by atoms with Crippen molar-refractivity contribution in [3.8, 4) is 5.75 Å². The van der Waals surface area contributed by atoms with E-state index in [0.29, 0.717) is 6.54 Å². The zero-order valence-corrected chi connectivity index (χ0v) is 11.2. The van der Waals surface area contributed by atoms with Crippen LogP contribution in [0.3, 0.4) is 0 Å². The van der Waals surface area contributed by atoms with E-state index in [-0.39, 0.29) is 0 Å². The van der Waals surface area contributed by atoms with E-state index in [9.17, 15) is 0 Å². The van der Waals surface area contributed by atoms with Crippen molar-refractivity contribution in [3.63, 3.8) is 0 Å². The van der Waals surface area contributed by atoms with E-state index < -0.39 is 0 Å². The van der Waals surface area contributed by atoms with Gasteiger partial charge in [-0.1, -0.05) is 30.3 Å². The molecule has 0 saturated carbocycles. The molecular formula is C15H17NOS. The Kier molecular flexibility index (Phi) is 4.67. The highest BCUT2D eigenvalue weighted by Crippen LogP contribution is 2.26. The van der Waals surface area contributed by atoms with Gasteiger partial charge in [-0.3, -0.25) is 0 Å². The van der Waals surface area contributed by atoms with Crippen molar-refractivity contribution in [1.29, 1.82) is 0 Å². The Bertz CT molecular complexity index is 499. The quantitative estimate of drug-likeness (QED) is 0.835. The molecule has 0 saturated heterocycles. The number of thioether (sulfide) groups is 1. The molecule has 0 aliphatic carbocycles. The molecule has 0 fully saturated rings. The van der Waals surface area contributed by atoms with Crippen molar-refractivity contribution in [2.24, 2.45) is 5.73 Å². The molecule has 0 aromatic heterocycles. The van der Waals surface area contributed by atoms with Gasteiger partial charge in [-0.05, 0) is 23.8 Å². The first-order valence-electron chi connectivity index (χ1n) is 5.87. The monoisotopic (exact) mass is 259 g/mol. The Morgan fingerprint density at radius 2 is 1.89 bits per heavy atom. The fourth-order valence-electron chi connectivity index (χ4n) is 1.73. The minimum atomic E-state index is 0.509. The maximum Gasteiger partial charge on any atom is 0.123 e. The number of ether oxygens (including phenoxy) is 1. The second kappa shape index (κ2) is 6.47. The molecule has 2 rings (SSSR count). The average Bonchev–Trinajstić information content (AvgIpc) is 2.45. The number of benzene rings is 2. The summed E-state index contributed by atoms with van der Waals surface area (Å²) < 4.78 is 5.34. The lowest BCUT2D eigenvalue weighted by molar-refractivity contribution is 0.409. The molecule has 0 aliphatic heterocycles. The van der Waals surface area contributed by atoms with Gasteiger partial charge in [-0.2, -0.15) is 0 Å². The molecule has 94 valence electrons. The minimum absolute atomic E-state index is 0.509. The molecule has 0 unspecified atom stereocenters. The van der Waals surface area contributed by atoms with Crippen LogP contribution in [0.1, 0.15) is 11.1 Å². The molecule has 2 aromatic rings. The molecule has 3 heteroatoms. The first kappa shape index (κ1) is 13.0. The molecule has 2 aromatic carbocycles. The molecule has 0 bridgehead atoms. The summed E-state index contributed by atoms with van der Waals surface area (Å²) in [6.45, 7) is 0.509. The third-order valence-corrected chi connectivity index (χ3v) is 3.80. The van der Waals surface area contributed by atoms with Crippen molar-refractivity contribution in [1.82, 2.24) is 0 Å². The van der Waals surface area contributed by atoms with E-state index >= 15 is 0 Å². The lowest BCUT2D eigenvalue weighted by Crippen LogP contribution is -2.00. The van der Waals surface area contributed by atoms with Gasteiger partial charge in [-0.15, -0.1) is 11.8 Å². The van der Waals surface area contributed by atoms with E-state index in [0.717, 1.165) is 17.1 Å². The van der Waals surface area contributed by atoms with Crippen LogP contribution in [0.15, 0.2) is 53.4 Å². The van der Waals surface area contributed by atoms with Gasteiger partial charge in [0.25, 0.3) is 0 Å². The Labute approximate surface area is 112 Å². The second-order valence-electron chi connectivity index (χ2n) is 3.95. The van der Waals surface area contributed by atoms with E-state index in [1.165, 1.54) is 10.5 Å². The number of hydrogen-bond donors (Lipinski definition) is 1. The van der Waals surface area contributed by atoms with Gasteiger partial charge >= 0.3 is 0 Å². The highest BCUT2D eigenvalue weighted by Gasteiger charge is 2.03. The maximum atomic E-state index is 5.66. The summed E-state index contributed by atoms with van der Waals surface area (Å²) in [4.78, 5) is 1.28. The van der Waals surface area contributed by atoms with Crippen LogP contribution in [0.2, 0.25) is 0 Å². The molecule has 0 spiro atoms. The molecule has 0 atom stereocenters. The third kappa shape index (κ3) is 3.28. The van der Waals surface area contributed by atoms with E-state index in [4.69, 9.17) is 10.5 Å². The van der Waals surface area contributed by atoms with Crippen LogP contribution in [0, 0.1) is 0 Å². The van der Waals surface area contributed by atoms with Crippen LogP contribution in [-0.2, 0) is 12.3 Å². The first-order valence-corrected chi connectivity index (χ1v) is 6.85. The van der Waals surface area contributed by atoms with Gasteiger partial charge in [0, 0.05) is 22.8 Å². The molecule has 0 radical (unpaired) electrons. The summed E-state index contributed by atoms with van der Waals surface area (Å²) in [6.07, 6.45) is 0. The van der Waals surface area contributed by atoms with Gasteiger partial charge in [0.2, 0.25) is 0 Å². The molecule has 0 amide bonds. The van der Waals surface area contributed by atoms with Crippen LogP contribution in [0.4, 0.5) is 0 Å². The zero-order valence-electron chi connectivity index (χ0n) is 10.4. The fraction of sp³-hybridized carbons (Fsp3) is 0.200. The van der Waals surface area contributed by atoms with Gasteiger partial charge in [0.05, 0.1) is 7.11 Å². The van der Waals surface area contributed by atoms with Gasteiger partial charge in [-0.25, -0.2) is 0 Å². The van der Waals surface area contributed by atoms with Crippen LogP contribution in [-0.4, -0.2) is 7.11 Å². The van der Waals surface area contributed by atoms with Gasteiger partial charge in [0.1, 0.15) is 5.75 Å². The van der Waals surface area contributed by atoms with Crippen LogP contribution in [0.25, 0.3) is 0 Å². The molecule has 2 nitrogen and oxygen atoms in total. The average molecular weight is 259 g/mol. The largest absolute Gasteiger partial charge is 0.496 e. The summed E-state index contributed by atoms with van der Waals surface area (Å²) in [5.74, 6) is 1.81. The molecule has 0 aliphatic rings. The van der Waals surface area contributed by atoms with Crippen LogP contribution < -0.4 is 10.5 Å². The normalized spacial score (nSPS) is 10.3. The summed E-state index contributed by atoms with van der Waals surface area (Å²) in [6, 6.07) is 16.6. The Hall–Kier alpha value is -1.45. The first-order chi connectivity index (χ1) is 8.83. The number of hydrogen-bond acceptors (Lipinski definition) is 3. The standard InChI is InChI=1S/C15H17NOS/c1-17-15-9-12(7-8-13(15)10-16)11-18-14-5-3-2-4-6-14/h2-9H,10-11,16H2,1H3. The topological polar surface area (TPSA) is 35.2 Å². The fourth-order valence-corrected chi connectivity index (χ4v) is 2.59. The summed E-state index contributed by atoms with van der Waals surface area (Å²) in [7, 11) is 1.68. The summed E-state index contributed by atoms with van der Waals surface area (Å²) in [5.41, 5.74) is 7.95. The maximum absolute atomic E-state index is 5.66. The van der Waals surface area contributed by atoms with Crippen molar-refractivity contribution >= 4 is 11.8 Å². The lowest BCUT2D eigenvalue weighted by Gasteiger charge is -2.09.